The number of guanidine groups is 1. The molecule has 1 fully saturated rings. The molecule has 0 aliphatic carbocycles. The summed E-state index contributed by atoms with van der Waals surface area (Å²) in [7, 11) is -0.226. The predicted molar refractivity (Wildman–Crippen MR) is 139 cm³/mol. The Balaban J connectivity index is 0.00000363. The number of nitrogens with one attached hydrogen (secondary N) is 2. The minimum absolute atomic E-state index is 0. The summed E-state index contributed by atoms with van der Waals surface area (Å²) >= 11 is 0. The highest BCUT2D eigenvalue weighted by Crippen LogP contribution is 2.21. The van der Waals surface area contributed by atoms with Crippen LogP contribution in [0.15, 0.2) is 64.5 Å². The molecule has 1 unspecified atom stereocenters. The average molecular weight is 573 g/mol. The third-order valence-corrected chi connectivity index (χ3v) is 6.88. The molecule has 7 nitrogen and oxygen atoms in total. The van der Waals surface area contributed by atoms with Crippen LogP contribution in [-0.4, -0.2) is 59.7 Å². The van der Waals surface area contributed by atoms with E-state index in [1.54, 1.807) is 25.2 Å². The summed E-state index contributed by atoms with van der Waals surface area (Å²) in [5.74, 6) is 1.45. The zero-order valence-electron chi connectivity index (χ0n) is 18.7. The lowest BCUT2D eigenvalue weighted by Crippen LogP contribution is -2.39. The monoisotopic (exact) mass is 572 g/mol. The van der Waals surface area contributed by atoms with E-state index in [1.165, 1.54) is 12.7 Å². The molecule has 0 radical (unpaired) electrons. The Bertz CT molecular complexity index is 970. The van der Waals surface area contributed by atoms with Gasteiger partial charge in [-0.2, -0.15) is 0 Å². The van der Waals surface area contributed by atoms with Crippen molar-refractivity contribution in [1.29, 1.82) is 0 Å². The first-order valence-corrected chi connectivity index (χ1v) is 12.1. The Morgan fingerprint density at radius 1 is 1.16 bits per heavy atom. The van der Waals surface area contributed by atoms with Crippen LogP contribution < -0.4 is 10.0 Å². The van der Waals surface area contributed by atoms with E-state index in [9.17, 15) is 8.42 Å². The van der Waals surface area contributed by atoms with Crippen molar-refractivity contribution in [3.8, 4) is 0 Å². The second-order valence-corrected chi connectivity index (χ2v) is 9.50. The maximum absolute atomic E-state index is 12.4. The van der Waals surface area contributed by atoms with Gasteiger partial charge in [-0.25, -0.2) is 13.1 Å². The number of halogens is 1. The van der Waals surface area contributed by atoms with Crippen LogP contribution in [0, 0.1) is 5.92 Å². The Hall–Kier alpha value is -1.69. The summed E-state index contributed by atoms with van der Waals surface area (Å²) in [4.78, 5) is 6.96. The number of ether oxygens (including phenoxy) is 1. The first kappa shape index (κ1) is 26.6. The predicted octanol–water partition coefficient (Wildman–Crippen LogP) is 2.87. The number of aliphatic imine (C=N–C) groups is 1. The lowest BCUT2D eigenvalue weighted by Gasteiger charge is -2.22. The maximum atomic E-state index is 12.4. The highest BCUT2D eigenvalue weighted by Gasteiger charge is 2.25. The van der Waals surface area contributed by atoms with E-state index in [0.717, 1.165) is 37.5 Å². The van der Waals surface area contributed by atoms with Gasteiger partial charge in [0.2, 0.25) is 10.0 Å². The summed E-state index contributed by atoms with van der Waals surface area (Å²) in [5, 5.41) is 3.38. The number of nitrogens with zero attached hydrogens (tertiary/aromatic N) is 2. The molecule has 32 heavy (non-hydrogen) atoms. The van der Waals surface area contributed by atoms with Gasteiger partial charge in [0.25, 0.3) is 0 Å². The number of rotatable bonds is 9. The Morgan fingerprint density at radius 3 is 2.62 bits per heavy atom. The number of likely N-dealkylation sites (tertiary alicyclic amines) is 1. The summed E-state index contributed by atoms with van der Waals surface area (Å²) in [5.41, 5.74) is 2.25. The lowest BCUT2D eigenvalue weighted by atomic mass is 9.99. The SMILES string of the molecule is CN=C(NCc1cccc(S(=O)(=O)NCCOC)c1)N1CCC(Cc2ccccc2)C1.I. The summed E-state index contributed by atoms with van der Waals surface area (Å²) in [6.07, 6.45) is 2.21. The molecular formula is C23H33IN4O3S. The molecule has 0 bridgehead atoms. The van der Waals surface area contributed by atoms with Crippen molar-refractivity contribution in [1.82, 2.24) is 14.9 Å². The maximum Gasteiger partial charge on any atom is 0.240 e. The van der Waals surface area contributed by atoms with E-state index in [1.807, 2.05) is 12.1 Å². The number of hydrogen-bond donors (Lipinski definition) is 2. The van der Waals surface area contributed by atoms with Gasteiger partial charge < -0.3 is 15.0 Å². The first-order valence-electron chi connectivity index (χ1n) is 10.6. The topological polar surface area (TPSA) is 83.0 Å². The van der Waals surface area contributed by atoms with Gasteiger partial charge in [0.1, 0.15) is 0 Å². The number of benzene rings is 2. The van der Waals surface area contributed by atoms with Crippen LogP contribution in [0.2, 0.25) is 0 Å². The molecule has 2 N–H and O–H groups in total. The fraction of sp³-hybridized carbons (Fsp3) is 0.435. The van der Waals surface area contributed by atoms with Gasteiger partial charge in [0.15, 0.2) is 5.96 Å². The van der Waals surface area contributed by atoms with Crippen LogP contribution in [0.5, 0.6) is 0 Å². The number of hydrogen-bond acceptors (Lipinski definition) is 4. The zero-order chi connectivity index (χ0) is 22.1. The van der Waals surface area contributed by atoms with Crippen molar-refractivity contribution < 1.29 is 13.2 Å². The van der Waals surface area contributed by atoms with Crippen molar-refractivity contribution in [2.75, 3.05) is 40.4 Å². The third-order valence-electron chi connectivity index (χ3n) is 5.42. The molecule has 1 heterocycles. The van der Waals surface area contributed by atoms with Gasteiger partial charge in [0, 0.05) is 40.3 Å². The second-order valence-electron chi connectivity index (χ2n) is 7.73. The molecule has 1 aliphatic heterocycles. The molecule has 0 amide bonds. The molecule has 2 aromatic carbocycles. The van der Waals surface area contributed by atoms with Crippen LogP contribution in [0.3, 0.4) is 0 Å². The molecular weight excluding hydrogens is 539 g/mol. The van der Waals surface area contributed by atoms with Gasteiger partial charge in [-0.05, 0) is 42.0 Å². The van der Waals surface area contributed by atoms with E-state index in [-0.39, 0.29) is 35.4 Å². The van der Waals surface area contributed by atoms with E-state index in [0.29, 0.717) is 19.1 Å². The molecule has 9 heteroatoms. The lowest BCUT2D eigenvalue weighted by molar-refractivity contribution is 0.204. The van der Waals surface area contributed by atoms with Crippen molar-refractivity contribution in [3.63, 3.8) is 0 Å². The normalized spacial score (nSPS) is 16.6. The average Bonchev–Trinajstić information content (AvgIpc) is 3.23. The molecule has 1 atom stereocenters. The van der Waals surface area contributed by atoms with Crippen molar-refractivity contribution in [2.45, 2.75) is 24.3 Å². The fourth-order valence-electron chi connectivity index (χ4n) is 3.84. The minimum atomic E-state index is -3.55. The first-order chi connectivity index (χ1) is 15.0. The van der Waals surface area contributed by atoms with Gasteiger partial charge in [-0.15, -0.1) is 24.0 Å². The van der Waals surface area contributed by atoms with Crippen LogP contribution in [0.25, 0.3) is 0 Å². The molecule has 3 rings (SSSR count). The van der Waals surface area contributed by atoms with Gasteiger partial charge >= 0.3 is 0 Å². The molecule has 0 spiro atoms. The van der Waals surface area contributed by atoms with E-state index in [2.05, 4.69) is 44.2 Å². The van der Waals surface area contributed by atoms with E-state index < -0.39 is 10.0 Å². The molecule has 1 saturated heterocycles. The highest BCUT2D eigenvalue weighted by atomic mass is 127. The zero-order valence-corrected chi connectivity index (χ0v) is 21.8. The Morgan fingerprint density at radius 2 is 1.91 bits per heavy atom. The highest BCUT2D eigenvalue weighted by molar-refractivity contribution is 14.0. The fourth-order valence-corrected chi connectivity index (χ4v) is 4.92. The van der Waals surface area contributed by atoms with Gasteiger partial charge in [-0.3, -0.25) is 4.99 Å². The molecule has 2 aromatic rings. The molecule has 176 valence electrons. The van der Waals surface area contributed by atoms with Gasteiger partial charge in [0.05, 0.1) is 11.5 Å². The van der Waals surface area contributed by atoms with Gasteiger partial charge in [-0.1, -0.05) is 42.5 Å². The van der Waals surface area contributed by atoms with E-state index >= 15 is 0 Å². The summed E-state index contributed by atoms with van der Waals surface area (Å²) in [6, 6.07) is 17.6. The Labute approximate surface area is 208 Å². The van der Waals surface area contributed by atoms with Crippen molar-refractivity contribution >= 4 is 40.0 Å². The molecule has 1 aliphatic rings. The third kappa shape index (κ3) is 7.72. The molecule has 0 aromatic heterocycles. The van der Waals surface area contributed by atoms with Crippen molar-refractivity contribution in [3.05, 3.63) is 65.7 Å². The smallest absolute Gasteiger partial charge is 0.240 e. The van der Waals surface area contributed by atoms with Crippen molar-refractivity contribution in [2.24, 2.45) is 10.9 Å². The number of sulfonamides is 1. The largest absolute Gasteiger partial charge is 0.383 e. The van der Waals surface area contributed by atoms with E-state index in [4.69, 9.17) is 4.74 Å². The van der Waals surface area contributed by atoms with Crippen LogP contribution in [0.1, 0.15) is 17.5 Å². The second kappa shape index (κ2) is 13.1. The molecule has 0 saturated carbocycles. The number of methoxy groups -OCH3 is 1. The Kier molecular flexibility index (Phi) is 10.9. The quantitative estimate of drug-likeness (QED) is 0.209. The minimum Gasteiger partial charge on any atom is -0.383 e. The van der Waals surface area contributed by atoms with Crippen LogP contribution in [0.4, 0.5) is 0 Å². The van der Waals surface area contributed by atoms with Crippen LogP contribution >= 0.6 is 24.0 Å². The van der Waals surface area contributed by atoms with Crippen LogP contribution in [-0.2, 0) is 27.7 Å². The summed E-state index contributed by atoms with van der Waals surface area (Å²) < 4.78 is 32.3. The standard InChI is InChI=1S/C23H32N4O3S.HI/c1-24-23(27-13-11-21(18-27)15-19-7-4-3-5-8-19)25-17-20-9-6-10-22(16-20)31(28,29)26-12-14-30-2;/h3-10,16,21,26H,11-15,17-18H2,1-2H3,(H,24,25);1H. The summed E-state index contributed by atoms with van der Waals surface area (Å²) in [6.45, 7) is 3.01.